The van der Waals surface area contributed by atoms with Gasteiger partial charge in [0.15, 0.2) is 11.6 Å². The monoisotopic (exact) mass is 648 g/mol. The maximum atomic E-state index is 15.1. The number of rotatable bonds is 7. The van der Waals surface area contributed by atoms with Gasteiger partial charge in [-0.25, -0.2) is 9.37 Å². The average molecular weight is 649 g/mol. The number of aromatic nitrogens is 3. The van der Waals surface area contributed by atoms with Crippen LogP contribution < -0.4 is 10.9 Å². The van der Waals surface area contributed by atoms with Gasteiger partial charge < -0.3 is 19.4 Å². The highest BCUT2D eigenvalue weighted by atomic mass is 19.1. The molecule has 2 fully saturated rings. The molecule has 9 nitrogen and oxygen atoms in total. The van der Waals surface area contributed by atoms with Crippen molar-refractivity contribution in [3.05, 3.63) is 111 Å². The van der Waals surface area contributed by atoms with Crippen LogP contribution in [0, 0.1) is 5.82 Å². The highest BCUT2D eigenvalue weighted by Crippen LogP contribution is 2.40. The molecule has 10 heteroatoms. The van der Waals surface area contributed by atoms with Crippen molar-refractivity contribution in [2.24, 2.45) is 14.1 Å². The molecule has 1 aliphatic carbocycles. The molecule has 5 aromatic rings. The lowest BCUT2D eigenvalue weighted by molar-refractivity contribution is -0.139. The summed E-state index contributed by atoms with van der Waals surface area (Å²) in [7, 11) is 7.27. The third-order valence-corrected chi connectivity index (χ3v) is 9.22. The summed E-state index contributed by atoms with van der Waals surface area (Å²) in [5.41, 5.74) is 4.66. The Labute approximate surface area is 279 Å². The van der Waals surface area contributed by atoms with Crippen LogP contribution in [-0.2, 0) is 18.9 Å². The van der Waals surface area contributed by atoms with Crippen LogP contribution in [0.15, 0.2) is 77.9 Å². The number of halogens is 1. The summed E-state index contributed by atoms with van der Waals surface area (Å²) in [5, 5.41) is 3.82. The second kappa shape index (κ2) is 13.2. The SMILES string of the molecule is CC.CN1CCN(C)C(c2ccc(Nc3nc(-c4ccc5c(c4)c(C(=O)c4ccc(C6CC6)cc4F)cn5C)cn(C)c3=O)cc2)C1=O. The molecule has 1 saturated carbocycles. The highest BCUT2D eigenvalue weighted by Gasteiger charge is 2.32. The van der Waals surface area contributed by atoms with Crippen molar-refractivity contribution >= 4 is 34.1 Å². The van der Waals surface area contributed by atoms with Crippen molar-refractivity contribution in [3.63, 3.8) is 0 Å². The Morgan fingerprint density at radius 1 is 0.833 bits per heavy atom. The number of carbonyl (C=O) groups is 2. The van der Waals surface area contributed by atoms with E-state index in [1.807, 2.05) is 93.0 Å². The molecule has 1 saturated heterocycles. The van der Waals surface area contributed by atoms with E-state index >= 15 is 4.39 Å². The molecular weight excluding hydrogens is 607 g/mol. The molecule has 248 valence electrons. The van der Waals surface area contributed by atoms with E-state index in [4.69, 9.17) is 0 Å². The van der Waals surface area contributed by atoms with Crippen molar-refractivity contribution in [2.75, 3.05) is 32.5 Å². The first-order valence-corrected chi connectivity index (χ1v) is 16.4. The summed E-state index contributed by atoms with van der Waals surface area (Å²) < 4.78 is 18.4. The van der Waals surface area contributed by atoms with E-state index < -0.39 is 5.82 Å². The zero-order valence-corrected chi connectivity index (χ0v) is 28.3. The van der Waals surface area contributed by atoms with Crippen molar-refractivity contribution in [1.29, 1.82) is 0 Å². The van der Waals surface area contributed by atoms with Crippen LogP contribution in [0.4, 0.5) is 15.9 Å². The summed E-state index contributed by atoms with van der Waals surface area (Å²) in [4.78, 5) is 48.0. The lowest BCUT2D eigenvalue weighted by Gasteiger charge is -2.37. The molecule has 3 heterocycles. The summed E-state index contributed by atoms with van der Waals surface area (Å²) in [6, 6.07) is 17.7. The molecule has 2 aliphatic rings. The topological polar surface area (TPSA) is 92.5 Å². The second-order valence-electron chi connectivity index (χ2n) is 12.5. The first-order valence-electron chi connectivity index (χ1n) is 16.4. The third kappa shape index (κ3) is 6.15. The van der Waals surface area contributed by atoms with E-state index in [0.717, 1.165) is 36.0 Å². The second-order valence-corrected chi connectivity index (χ2v) is 12.5. The lowest BCUT2D eigenvalue weighted by Crippen LogP contribution is -2.48. The number of likely N-dealkylation sites (N-methyl/N-ethyl adjacent to an activating group) is 2. The lowest BCUT2D eigenvalue weighted by atomic mass is 9.98. The molecule has 1 atom stereocenters. The number of nitrogens with zero attached hydrogens (tertiary/aromatic N) is 5. The molecule has 1 aliphatic heterocycles. The van der Waals surface area contributed by atoms with Gasteiger partial charge in [-0.05, 0) is 73.3 Å². The van der Waals surface area contributed by atoms with Gasteiger partial charge in [0.2, 0.25) is 5.91 Å². The Bertz CT molecular complexity index is 2080. The van der Waals surface area contributed by atoms with Gasteiger partial charge in [0.25, 0.3) is 5.56 Å². The summed E-state index contributed by atoms with van der Waals surface area (Å²) in [5.74, 6) is -0.302. The molecule has 1 N–H and O–H groups in total. The molecule has 7 rings (SSSR count). The van der Waals surface area contributed by atoms with Gasteiger partial charge in [-0.3, -0.25) is 19.3 Å². The zero-order chi connectivity index (χ0) is 34.3. The molecule has 3 aromatic carbocycles. The number of hydrogen-bond acceptors (Lipinski definition) is 6. The molecule has 1 unspecified atom stereocenters. The zero-order valence-electron chi connectivity index (χ0n) is 28.3. The predicted octanol–water partition coefficient (Wildman–Crippen LogP) is 6.40. The Morgan fingerprint density at radius 2 is 1.54 bits per heavy atom. The van der Waals surface area contributed by atoms with Crippen LogP contribution in [0.1, 0.15) is 65.7 Å². The van der Waals surface area contributed by atoms with Crippen LogP contribution in [-0.4, -0.2) is 62.8 Å². The van der Waals surface area contributed by atoms with E-state index in [9.17, 15) is 14.4 Å². The fraction of sp³-hybridized carbons (Fsp3) is 0.316. The molecule has 48 heavy (non-hydrogen) atoms. The number of hydrogen-bond donors (Lipinski definition) is 1. The van der Waals surface area contributed by atoms with Gasteiger partial charge >= 0.3 is 0 Å². The molecule has 2 aromatic heterocycles. The number of amides is 1. The summed E-state index contributed by atoms with van der Waals surface area (Å²) >= 11 is 0. The highest BCUT2D eigenvalue weighted by molar-refractivity contribution is 6.17. The Hall–Kier alpha value is -5.09. The first kappa shape index (κ1) is 32.8. The summed E-state index contributed by atoms with van der Waals surface area (Å²) in [6.45, 7) is 5.48. The van der Waals surface area contributed by atoms with Crippen LogP contribution in [0.3, 0.4) is 0 Å². The van der Waals surface area contributed by atoms with E-state index in [2.05, 4.69) is 10.3 Å². The van der Waals surface area contributed by atoms with Gasteiger partial charge in [-0.1, -0.05) is 38.1 Å². The van der Waals surface area contributed by atoms with Crippen LogP contribution in [0.2, 0.25) is 0 Å². The number of benzene rings is 3. The van der Waals surface area contributed by atoms with Crippen molar-refractivity contribution < 1.29 is 14.0 Å². The molecule has 0 bridgehead atoms. The number of aryl methyl sites for hydroxylation is 2. The summed E-state index contributed by atoms with van der Waals surface area (Å²) in [6.07, 6.45) is 5.49. The van der Waals surface area contributed by atoms with E-state index in [1.54, 1.807) is 30.4 Å². The van der Waals surface area contributed by atoms with Gasteiger partial charge in [0.1, 0.15) is 11.9 Å². The average Bonchev–Trinajstić information content (AvgIpc) is 3.89. The fourth-order valence-electron chi connectivity index (χ4n) is 6.32. The van der Waals surface area contributed by atoms with E-state index in [0.29, 0.717) is 40.4 Å². The largest absolute Gasteiger partial charge is 0.350 e. The number of nitrogens with one attached hydrogen (secondary N) is 1. The number of anilines is 2. The Morgan fingerprint density at radius 3 is 2.23 bits per heavy atom. The third-order valence-electron chi connectivity index (χ3n) is 9.22. The van der Waals surface area contributed by atoms with Crippen molar-refractivity contribution in [2.45, 2.75) is 38.6 Å². The van der Waals surface area contributed by atoms with Gasteiger partial charge in [0, 0.05) is 74.3 Å². The van der Waals surface area contributed by atoms with E-state index in [-0.39, 0.29) is 34.7 Å². The number of piperazine rings is 1. The minimum absolute atomic E-state index is 0.0477. The molecular formula is C38H41FN6O3. The smallest absolute Gasteiger partial charge is 0.293 e. The van der Waals surface area contributed by atoms with Gasteiger partial charge in [-0.15, -0.1) is 0 Å². The van der Waals surface area contributed by atoms with Crippen LogP contribution >= 0.6 is 0 Å². The van der Waals surface area contributed by atoms with Gasteiger partial charge in [-0.2, -0.15) is 0 Å². The van der Waals surface area contributed by atoms with Crippen molar-refractivity contribution in [1.82, 2.24) is 23.9 Å². The predicted molar refractivity (Wildman–Crippen MR) is 187 cm³/mol. The van der Waals surface area contributed by atoms with E-state index in [1.165, 1.54) is 10.6 Å². The number of carbonyl (C=O) groups excluding carboxylic acids is 2. The molecule has 0 radical (unpaired) electrons. The first-order chi connectivity index (χ1) is 23.1. The van der Waals surface area contributed by atoms with Crippen LogP contribution in [0.25, 0.3) is 22.2 Å². The minimum atomic E-state index is -0.504. The quantitative estimate of drug-likeness (QED) is 0.206. The fourth-order valence-corrected chi connectivity index (χ4v) is 6.32. The Kier molecular flexibility index (Phi) is 9.03. The van der Waals surface area contributed by atoms with Crippen LogP contribution in [0.5, 0.6) is 0 Å². The maximum Gasteiger partial charge on any atom is 0.293 e. The van der Waals surface area contributed by atoms with Crippen molar-refractivity contribution in [3.8, 4) is 11.3 Å². The normalized spacial score (nSPS) is 16.5. The minimum Gasteiger partial charge on any atom is -0.350 e. The molecule has 1 amide bonds. The number of ketones is 1. The maximum absolute atomic E-state index is 15.1. The van der Waals surface area contributed by atoms with Gasteiger partial charge in [0.05, 0.1) is 11.3 Å². The number of fused-ring (bicyclic) bond motifs is 1. The standard InChI is InChI=1S/C36H35FN6O3.C2H6/c1-40-15-16-41(2)35(45)32(40)22-7-11-25(12-8-22)38-34-36(46)43(4)20-30(39-34)24-10-14-31-27(17-24)28(19-42(31)3)33(44)26-13-9-23(18-29(26)37)21-5-6-21;1-2/h7-14,17-21,32H,5-6,15-16H2,1-4H3,(H,38,39);1-2H3. The molecule has 0 spiro atoms. The Balaban J connectivity index is 0.00000197.